The molecule has 1 saturated heterocycles. The van der Waals surface area contributed by atoms with Crippen LogP contribution in [0.5, 0.6) is 0 Å². The molecule has 2 unspecified atom stereocenters. The molecule has 6 heterocycles. The molecule has 2 aromatic heterocycles. The number of H-pyrrole nitrogens is 1. The Bertz CT molecular complexity index is 1500. The molecule has 164 valence electrons. The van der Waals surface area contributed by atoms with Gasteiger partial charge in [0.1, 0.15) is 11.6 Å². The molecule has 2 N–H and O–H groups in total. The van der Waals surface area contributed by atoms with E-state index in [1.807, 2.05) is 81.9 Å². The van der Waals surface area contributed by atoms with E-state index in [9.17, 15) is 4.79 Å². The molecule has 1 fully saturated rings. The fraction of sp³-hybridized carbons (Fsp3) is 0.231. The predicted molar refractivity (Wildman–Crippen MR) is 129 cm³/mol. The van der Waals surface area contributed by atoms with E-state index < -0.39 is 17.0 Å². The Balaban J connectivity index is 1.60. The fourth-order valence-corrected chi connectivity index (χ4v) is 4.68. The van der Waals surface area contributed by atoms with E-state index in [1.54, 1.807) is 4.68 Å². The van der Waals surface area contributed by atoms with Gasteiger partial charge in [-0.1, -0.05) is 0 Å². The number of aromatic nitrogens is 3. The van der Waals surface area contributed by atoms with Crippen LogP contribution < -0.4 is 16.0 Å². The molecule has 0 aliphatic carbocycles. The quantitative estimate of drug-likeness (QED) is 0.712. The molecule has 0 saturated carbocycles. The number of carbonyl (C=O) groups is 1. The molecular formula is C26H24N6O. The Kier molecular flexibility index (Phi) is 4.02. The van der Waals surface area contributed by atoms with E-state index in [2.05, 4.69) is 32.5 Å². The minimum absolute atomic E-state index is 0.110. The number of allylic oxidation sites excluding steroid dienone is 4. The van der Waals surface area contributed by atoms with Crippen LogP contribution in [0, 0.1) is 5.41 Å². The molecular weight excluding hydrogens is 412 g/mol. The largest absolute Gasteiger partial charge is 0.375 e. The Morgan fingerprint density at radius 2 is 1.85 bits per heavy atom. The van der Waals surface area contributed by atoms with E-state index in [0.29, 0.717) is 0 Å². The van der Waals surface area contributed by atoms with Crippen molar-refractivity contribution in [2.75, 3.05) is 0 Å². The summed E-state index contributed by atoms with van der Waals surface area (Å²) >= 11 is 0. The molecule has 4 aliphatic rings. The number of rotatable bonds is 1. The lowest BCUT2D eigenvalue weighted by Gasteiger charge is -2.24. The molecule has 0 amide bonds. The van der Waals surface area contributed by atoms with E-state index in [0.717, 1.165) is 39.1 Å². The van der Waals surface area contributed by atoms with Gasteiger partial charge in [-0.25, -0.2) is 4.99 Å². The van der Waals surface area contributed by atoms with Crippen LogP contribution in [-0.2, 0) is 17.4 Å². The van der Waals surface area contributed by atoms with Crippen molar-refractivity contribution >= 4 is 29.4 Å². The number of nitrogens with one attached hydrogen (secondary N) is 2. The van der Waals surface area contributed by atoms with Crippen LogP contribution in [0.4, 0.5) is 0 Å². The maximum Gasteiger partial charge on any atom is 0.170 e. The number of Topliss-reactive ketones (excluding diaryl/α,β-unsaturated/α-hetero) is 1. The molecule has 4 aliphatic heterocycles. The smallest absolute Gasteiger partial charge is 0.170 e. The first-order valence-electron chi connectivity index (χ1n) is 11.0. The fourth-order valence-electron chi connectivity index (χ4n) is 4.68. The second-order valence-electron chi connectivity index (χ2n) is 9.39. The Labute approximate surface area is 191 Å². The zero-order valence-electron chi connectivity index (χ0n) is 18.7. The number of ketones is 1. The molecule has 6 rings (SSSR count). The summed E-state index contributed by atoms with van der Waals surface area (Å²) in [6.07, 6.45) is 19.8. The lowest BCUT2D eigenvalue weighted by molar-refractivity contribution is -0.123. The summed E-state index contributed by atoms with van der Waals surface area (Å²) in [6, 6.07) is 3.60. The number of hydrogen-bond donors (Lipinski definition) is 2. The Hall–Kier alpha value is -4.00. The average molecular weight is 437 g/mol. The van der Waals surface area contributed by atoms with Gasteiger partial charge in [0.25, 0.3) is 0 Å². The molecule has 33 heavy (non-hydrogen) atoms. The van der Waals surface area contributed by atoms with Crippen LogP contribution in [0.1, 0.15) is 19.4 Å². The number of aryl methyl sites for hydroxylation is 1. The highest BCUT2D eigenvalue weighted by Crippen LogP contribution is 2.41. The zero-order chi connectivity index (χ0) is 22.8. The number of aromatic amines is 1. The minimum Gasteiger partial charge on any atom is -0.375 e. The summed E-state index contributed by atoms with van der Waals surface area (Å²) in [5.74, 6) is 0.110. The highest BCUT2D eigenvalue weighted by molar-refractivity contribution is 6.20. The third-order valence-corrected chi connectivity index (χ3v) is 6.60. The van der Waals surface area contributed by atoms with Gasteiger partial charge in [-0.3, -0.25) is 14.5 Å². The maximum absolute atomic E-state index is 13.4. The summed E-state index contributed by atoms with van der Waals surface area (Å²) in [7, 11) is 1.89. The average Bonchev–Trinajstić information content (AvgIpc) is 3.57. The molecule has 0 aromatic carbocycles. The molecule has 7 nitrogen and oxygen atoms in total. The number of aliphatic imine (C=N–C) groups is 2. The van der Waals surface area contributed by atoms with Gasteiger partial charge < -0.3 is 10.3 Å². The van der Waals surface area contributed by atoms with E-state index in [4.69, 9.17) is 4.99 Å². The van der Waals surface area contributed by atoms with E-state index in [-0.39, 0.29) is 5.78 Å². The van der Waals surface area contributed by atoms with Crippen molar-refractivity contribution in [3.8, 4) is 0 Å². The molecule has 0 radical (unpaired) electrons. The molecule has 7 heteroatoms. The zero-order valence-corrected chi connectivity index (χ0v) is 18.7. The number of fused-ring (bicyclic) bond motifs is 6. The van der Waals surface area contributed by atoms with Gasteiger partial charge in [-0.05, 0) is 74.6 Å². The van der Waals surface area contributed by atoms with Crippen LogP contribution in [0.25, 0.3) is 12.2 Å². The topological polar surface area (TPSA) is 87.4 Å². The van der Waals surface area contributed by atoms with Crippen molar-refractivity contribution in [1.82, 2.24) is 20.1 Å². The van der Waals surface area contributed by atoms with Crippen molar-refractivity contribution < 1.29 is 4.79 Å². The van der Waals surface area contributed by atoms with Gasteiger partial charge >= 0.3 is 0 Å². The van der Waals surface area contributed by atoms with Crippen LogP contribution in [0.3, 0.4) is 0 Å². The van der Waals surface area contributed by atoms with Gasteiger partial charge in [-0.2, -0.15) is 5.10 Å². The Morgan fingerprint density at radius 3 is 2.61 bits per heavy atom. The standard InChI is InChI=1S/C26H24N6O/c1-25(2)23-13-26(16-14-27-32(3)15-16)9-8-21(31-26)11-19-5-4-17(28-19)10-18-6-7-20(29-18)12-22(30-23)24(25)33/h4-15,22,28,30H,1-3H3. The van der Waals surface area contributed by atoms with Crippen molar-refractivity contribution in [3.63, 3.8) is 0 Å². The third-order valence-electron chi connectivity index (χ3n) is 6.60. The van der Waals surface area contributed by atoms with Crippen LogP contribution >= 0.6 is 0 Å². The van der Waals surface area contributed by atoms with Crippen molar-refractivity contribution in [1.29, 1.82) is 0 Å². The van der Waals surface area contributed by atoms with Crippen molar-refractivity contribution in [2.45, 2.75) is 25.4 Å². The first-order chi connectivity index (χ1) is 15.8. The predicted octanol–water partition coefficient (Wildman–Crippen LogP) is 1.57. The van der Waals surface area contributed by atoms with Gasteiger partial charge in [0.2, 0.25) is 0 Å². The second-order valence-corrected chi connectivity index (χ2v) is 9.39. The normalized spacial score (nSPS) is 26.8. The van der Waals surface area contributed by atoms with Gasteiger partial charge in [0.05, 0.1) is 28.7 Å². The van der Waals surface area contributed by atoms with Crippen LogP contribution in [-0.4, -0.2) is 38.0 Å². The first-order valence-corrected chi connectivity index (χ1v) is 11.0. The molecule has 8 bridgehead atoms. The Morgan fingerprint density at radius 1 is 1.06 bits per heavy atom. The van der Waals surface area contributed by atoms with E-state index >= 15 is 0 Å². The van der Waals surface area contributed by atoms with Crippen molar-refractivity contribution in [2.24, 2.45) is 22.4 Å². The lowest BCUT2D eigenvalue weighted by Crippen LogP contribution is -2.27. The minimum atomic E-state index is -0.751. The summed E-state index contributed by atoms with van der Waals surface area (Å²) < 4.78 is 1.77. The molecule has 0 spiro atoms. The number of hydrogen-bond acceptors (Lipinski definition) is 5. The van der Waals surface area contributed by atoms with Gasteiger partial charge in [0.15, 0.2) is 5.78 Å². The SMILES string of the molecule is Cn1cc(C23C=CC(=N2)C=c2ccc([nH]2)=CC2=NC(=CC4NC(=C3)C(C)(C)C4=O)C=C2)cn1. The summed E-state index contributed by atoms with van der Waals surface area (Å²) in [4.78, 5) is 26.5. The first kappa shape index (κ1) is 19.7. The highest BCUT2D eigenvalue weighted by atomic mass is 16.1. The maximum atomic E-state index is 13.4. The monoisotopic (exact) mass is 436 g/mol. The number of carbonyl (C=O) groups excluding carboxylic acids is 1. The van der Waals surface area contributed by atoms with Gasteiger partial charge in [0, 0.05) is 35.2 Å². The van der Waals surface area contributed by atoms with Crippen molar-refractivity contribution in [3.05, 3.63) is 88.6 Å². The molecule has 2 aromatic rings. The van der Waals surface area contributed by atoms with E-state index in [1.165, 1.54) is 0 Å². The summed E-state index contributed by atoms with van der Waals surface area (Å²) in [5.41, 5.74) is 2.82. The third kappa shape index (κ3) is 3.19. The number of nitrogens with zero attached hydrogens (tertiary/aromatic N) is 4. The second kappa shape index (κ2) is 6.75. The lowest BCUT2D eigenvalue weighted by atomic mass is 9.82. The highest BCUT2D eigenvalue weighted by Gasteiger charge is 2.46. The van der Waals surface area contributed by atoms with Crippen LogP contribution in [0.2, 0.25) is 0 Å². The summed E-state index contributed by atoms with van der Waals surface area (Å²) in [6.45, 7) is 3.92. The summed E-state index contributed by atoms with van der Waals surface area (Å²) in [5, 5.41) is 9.75. The van der Waals surface area contributed by atoms with Crippen LogP contribution in [0.15, 0.2) is 82.4 Å². The van der Waals surface area contributed by atoms with Gasteiger partial charge in [-0.15, -0.1) is 0 Å². The molecule has 2 atom stereocenters.